The molecule has 0 aliphatic rings. The van der Waals surface area contributed by atoms with Crippen LogP contribution in [0.15, 0.2) is 12.3 Å². The zero-order chi connectivity index (χ0) is 9.84. The smallest absolute Gasteiger partial charge is 0.295 e. The van der Waals surface area contributed by atoms with Gasteiger partial charge in [-0.3, -0.25) is 10.1 Å². The van der Waals surface area contributed by atoms with E-state index >= 15 is 0 Å². The Morgan fingerprint density at radius 2 is 2.46 bits per heavy atom. The maximum Gasteiger partial charge on any atom is 0.295 e. The molecule has 0 aromatic carbocycles. The third-order valence-corrected chi connectivity index (χ3v) is 1.73. The second kappa shape index (κ2) is 4.04. The Hall–Kier alpha value is -1.36. The normalized spacial score (nSPS) is 9.69. The second-order valence-corrected chi connectivity index (χ2v) is 2.50. The summed E-state index contributed by atoms with van der Waals surface area (Å²) >= 11 is 5.46. The van der Waals surface area contributed by atoms with Gasteiger partial charge in [0.15, 0.2) is 0 Å². The van der Waals surface area contributed by atoms with Crippen molar-refractivity contribution in [2.45, 2.75) is 5.88 Å². The average molecular weight is 203 g/mol. The molecule has 0 saturated heterocycles. The summed E-state index contributed by atoms with van der Waals surface area (Å²) in [5, 5.41) is 10.5. The molecular weight excluding hydrogens is 196 g/mol. The Bertz CT molecular complexity index is 330. The molecule has 1 rings (SSSR count). The minimum atomic E-state index is -0.534. The number of hydrogen-bond acceptors (Lipinski definition) is 4. The minimum Gasteiger partial charge on any atom is -0.495 e. The molecule has 0 atom stereocenters. The Kier molecular flexibility index (Phi) is 3.02. The van der Waals surface area contributed by atoms with Crippen molar-refractivity contribution in [1.82, 2.24) is 4.98 Å². The van der Waals surface area contributed by atoms with Crippen LogP contribution < -0.4 is 4.74 Å². The number of alkyl halides is 1. The fourth-order valence-electron chi connectivity index (χ4n) is 0.836. The molecule has 0 fully saturated rings. The van der Waals surface area contributed by atoms with E-state index in [2.05, 4.69) is 4.98 Å². The third kappa shape index (κ3) is 2.06. The number of aromatic nitrogens is 1. The van der Waals surface area contributed by atoms with E-state index in [1.165, 1.54) is 19.4 Å². The summed E-state index contributed by atoms with van der Waals surface area (Å²) in [5.41, 5.74) is 0.127. The van der Waals surface area contributed by atoms with Crippen molar-refractivity contribution in [3.8, 4) is 5.75 Å². The molecule has 1 heterocycles. The summed E-state index contributed by atoms with van der Waals surface area (Å²) in [7, 11) is 1.42. The van der Waals surface area contributed by atoms with Crippen LogP contribution in [0.4, 0.5) is 5.69 Å². The molecule has 0 amide bonds. The maximum atomic E-state index is 10.5. The molecule has 6 heteroatoms. The summed E-state index contributed by atoms with van der Waals surface area (Å²) in [4.78, 5) is 13.8. The molecule has 0 unspecified atom stereocenters. The fraction of sp³-hybridized carbons (Fsp3) is 0.286. The van der Waals surface area contributed by atoms with Crippen LogP contribution in [0.5, 0.6) is 5.75 Å². The molecule has 0 N–H and O–H groups in total. The topological polar surface area (TPSA) is 65.3 Å². The highest BCUT2D eigenvalue weighted by Crippen LogP contribution is 2.22. The molecule has 0 aliphatic carbocycles. The Morgan fingerprint density at radius 1 is 1.77 bits per heavy atom. The second-order valence-electron chi connectivity index (χ2n) is 2.23. The molecule has 0 bridgehead atoms. The Balaban J connectivity index is 3.18. The Labute approximate surface area is 79.5 Å². The molecule has 13 heavy (non-hydrogen) atoms. The van der Waals surface area contributed by atoms with Crippen LogP contribution in [-0.2, 0) is 5.88 Å². The number of ether oxygens (including phenoxy) is 1. The van der Waals surface area contributed by atoms with E-state index in [4.69, 9.17) is 16.3 Å². The van der Waals surface area contributed by atoms with Crippen LogP contribution in [0, 0.1) is 10.1 Å². The zero-order valence-electron chi connectivity index (χ0n) is 6.86. The lowest BCUT2D eigenvalue weighted by atomic mass is 10.3. The SMILES string of the molecule is COc1cnc(CCl)c([N+](=O)[O-])c1. The predicted molar refractivity (Wildman–Crippen MR) is 47.0 cm³/mol. The van der Waals surface area contributed by atoms with Crippen molar-refractivity contribution in [2.24, 2.45) is 0 Å². The van der Waals surface area contributed by atoms with Crippen LogP contribution in [0.25, 0.3) is 0 Å². The van der Waals surface area contributed by atoms with Gasteiger partial charge in [0, 0.05) is 0 Å². The predicted octanol–water partition coefficient (Wildman–Crippen LogP) is 1.74. The highest BCUT2D eigenvalue weighted by atomic mass is 35.5. The van der Waals surface area contributed by atoms with Gasteiger partial charge in [0.05, 0.1) is 30.2 Å². The first kappa shape index (κ1) is 9.73. The van der Waals surface area contributed by atoms with Gasteiger partial charge >= 0.3 is 0 Å². The number of nitro groups is 1. The first-order chi connectivity index (χ1) is 6.19. The molecule has 0 saturated carbocycles. The zero-order valence-corrected chi connectivity index (χ0v) is 7.61. The molecule has 0 radical (unpaired) electrons. The highest BCUT2D eigenvalue weighted by molar-refractivity contribution is 6.17. The number of pyridine rings is 1. The lowest BCUT2D eigenvalue weighted by Crippen LogP contribution is -1.97. The molecule has 1 aromatic rings. The van der Waals surface area contributed by atoms with Crippen LogP contribution in [0.3, 0.4) is 0 Å². The van der Waals surface area contributed by atoms with Gasteiger partial charge in [-0.15, -0.1) is 11.6 Å². The summed E-state index contributed by atoms with van der Waals surface area (Å²) in [6.07, 6.45) is 1.39. The van der Waals surface area contributed by atoms with Crippen molar-refractivity contribution in [3.63, 3.8) is 0 Å². The van der Waals surface area contributed by atoms with Gasteiger partial charge in [0.2, 0.25) is 0 Å². The average Bonchev–Trinajstić information content (AvgIpc) is 2.16. The molecule has 1 aromatic heterocycles. The number of halogens is 1. The molecular formula is C7H7ClN2O3. The first-order valence-corrected chi connectivity index (χ1v) is 3.95. The lowest BCUT2D eigenvalue weighted by molar-refractivity contribution is -0.385. The van der Waals surface area contributed by atoms with Crippen LogP contribution in [-0.4, -0.2) is 17.0 Å². The van der Waals surface area contributed by atoms with Crippen molar-refractivity contribution < 1.29 is 9.66 Å². The van der Waals surface area contributed by atoms with E-state index in [1.54, 1.807) is 0 Å². The number of hydrogen-bond donors (Lipinski definition) is 0. The largest absolute Gasteiger partial charge is 0.495 e. The van der Waals surface area contributed by atoms with Crippen LogP contribution in [0.2, 0.25) is 0 Å². The van der Waals surface area contributed by atoms with Gasteiger partial charge < -0.3 is 4.74 Å². The number of methoxy groups -OCH3 is 1. The first-order valence-electron chi connectivity index (χ1n) is 3.42. The summed E-state index contributed by atoms with van der Waals surface area (Å²) in [6, 6.07) is 1.30. The van der Waals surface area contributed by atoms with E-state index in [0.717, 1.165) is 0 Å². The molecule has 0 aliphatic heterocycles. The Morgan fingerprint density at radius 3 is 2.92 bits per heavy atom. The van der Waals surface area contributed by atoms with Gasteiger partial charge in [-0.05, 0) is 0 Å². The molecule has 5 nitrogen and oxygen atoms in total. The van der Waals surface area contributed by atoms with E-state index in [9.17, 15) is 10.1 Å². The van der Waals surface area contributed by atoms with Crippen molar-refractivity contribution in [2.75, 3.05) is 7.11 Å². The molecule has 0 spiro atoms. The third-order valence-electron chi connectivity index (χ3n) is 1.48. The molecule has 70 valence electrons. The fourth-order valence-corrected chi connectivity index (χ4v) is 1.04. The van der Waals surface area contributed by atoms with Crippen LogP contribution in [0.1, 0.15) is 5.69 Å². The number of rotatable bonds is 3. The van der Waals surface area contributed by atoms with Crippen molar-refractivity contribution in [1.29, 1.82) is 0 Å². The monoisotopic (exact) mass is 202 g/mol. The van der Waals surface area contributed by atoms with Gasteiger partial charge in [-0.1, -0.05) is 0 Å². The van der Waals surface area contributed by atoms with Crippen molar-refractivity contribution >= 4 is 17.3 Å². The summed E-state index contributed by atoms with van der Waals surface area (Å²) in [5.74, 6) is 0.362. The van der Waals surface area contributed by atoms with Crippen molar-refractivity contribution in [3.05, 3.63) is 28.1 Å². The van der Waals surface area contributed by atoms with E-state index in [-0.39, 0.29) is 17.3 Å². The van der Waals surface area contributed by atoms with Gasteiger partial charge in [0.25, 0.3) is 5.69 Å². The van der Waals surface area contributed by atoms with Gasteiger partial charge in [-0.2, -0.15) is 0 Å². The summed E-state index contributed by atoms with van der Waals surface area (Å²) < 4.78 is 4.79. The maximum absolute atomic E-state index is 10.5. The lowest BCUT2D eigenvalue weighted by Gasteiger charge is -2.00. The van der Waals surface area contributed by atoms with E-state index in [0.29, 0.717) is 5.75 Å². The van der Waals surface area contributed by atoms with E-state index in [1.807, 2.05) is 0 Å². The van der Waals surface area contributed by atoms with Gasteiger partial charge in [0.1, 0.15) is 11.4 Å². The van der Waals surface area contributed by atoms with E-state index < -0.39 is 4.92 Å². The van der Waals surface area contributed by atoms with Crippen LogP contribution >= 0.6 is 11.6 Å². The van der Waals surface area contributed by atoms with Gasteiger partial charge in [-0.25, -0.2) is 4.98 Å². The quantitative estimate of drug-likeness (QED) is 0.425. The standard InChI is InChI=1S/C7H7ClN2O3/c1-13-5-2-7(10(11)12)6(3-8)9-4-5/h2,4H,3H2,1H3. The number of nitrogens with zero attached hydrogens (tertiary/aromatic N) is 2. The minimum absolute atomic E-state index is 0.0142. The highest BCUT2D eigenvalue weighted by Gasteiger charge is 2.15. The summed E-state index contributed by atoms with van der Waals surface area (Å²) in [6.45, 7) is 0.